The van der Waals surface area contributed by atoms with E-state index in [9.17, 15) is 8.78 Å². The summed E-state index contributed by atoms with van der Waals surface area (Å²) in [5, 5.41) is 0. The number of halogens is 2. The zero-order valence-electron chi connectivity index (χ0n) is 7.72. The van der Waals surface area contributed by atoms with Crippen LogP contribution in [0.15, 0.2) is 12.4 Å². The van der Waals surface area contributed by atoms with E-state index < -0.39 is 5.92 Å². The standard InChI is InChI=1S/C9H12F2N2/c1-3-4-8-12-5-7(6-13-8)9(2,10)11/h5-6H,3-4H2,1-2H3. The monoisotopic (exact) mass is 186 g/mol. The summed E-state index contributed by atoms with van der Waals surface area (Å²) >= 11 is 0. The van der Waals surface area contributed by atoms with E-state index in [1.54, 1.807) is 0 Å². The fourth-order valence-corrected chi connectivity index (χ4v) is 0.934. The number of hydrogen-bond donors (Lipinski definition) is 0. The maximum Gasteiger partial charge on any atom is 0.273 e. The number of aromatic nitrogens is 2. The first-order chi connectivity index (χ1) is 6.04. The summed E-state index contributed by atoms with van der Waals surface area (Å²) in [6.45, 7) is 2.83. The molecule has 1 rings (SSSR count). The zero-order chi connectivity index (χ0) is 9.90. The molecule has 0 N–H and O–H groups in total. The number of rotatable bonds is 3. The van der Waals surface area contributed by atoms with E-state index in [1.807, 2.05) is 6.92 Å². The second-order valence-corrected chi connectivity index (χ2v) is 3.03. The van der Waals surface area contributed by atoms with Gasteiger partial charge in [-0.15, -0.1) is 0 Å². The van der Waals surface area contributed by atoms with E-state index in [0.29, 0.717) is 5.82 Å². The molecule has 0 radical (unpaired) electrons. The van der Waals surface area contributed by atoms with Crippen molar-refractivity contribution in [3.63, 3.8) is 0 Å². The number of aryl methyl sites for hydroxylation is 1. The first kappa shape index (κ1) is 10.0. The van der Waals surface area contributed by atoms with Crippen molar-refractivity contribution in [3.05, 3.63) is 23.8 Å². The third-order valence-corrected chi connectivity index (χ3v) is 1.69. The predicted octanol–water partition coefficient (Wildman–Crippen LogP) is 2.54. The molecule has 1 heterocycles. The maximum atomic E-state index is 12.7. The van der Waals surface area contributed by atoms with Crippen LogP contribution in [-0.2, 0) is 12.3 Å². The van der Waals surface area contributed by atoms with Gasteiger partial charge in [0.2, 0.25) is 0 Å². The normalized spacial score (nSPS) is 11.7. The van der Waals surface area contributed by atoms with E-state index in [-0.39, 0.29) is 5.56 Å². The Balaban J connectivity index is 2.81. The molecule has 0 spiro atoms. The summed E-state index contributed by atoms with van der Waals surface area (Å²) in [4.78, 5) is 7.69. The Morgan fingerprint density at radius 2 is 1.85 bits per heavy atom. The van der Waals surface area contributed by atoms with Gasteiger partial charge in [0.15, 0.2) is 0 Å². The Labute approximate surface area is 76.0 Å². The van der Waals surface area contributed by atoms with Gasteiger partial charge >= 0.3 is 0 Å². The summed E-state index contributed by atoms with van der Waals surface area (Å²) in [6.07, 6.45) is 4.04. The van der Waals surface area contributed by atoms with E-state index in [0.717, 1.165) is 19.8 Å². The second kappa shape index (κ2) is 3.77. The van der Waals surface area contributed by atoms with Crippen LogP contribution < -0.4 is 0 Å². The molecule has 1 aromatic heterocycles. The van der Waals surface area contributed by atoms with Gasteiger partial charge in [0.1, 0.15) is 5.82 Å². The minimum absolute atomic E-state index is 0.132. The smallest absolute Gasteiger partial charge is 0.241 e. The SMILES string of the molecule is CCCc1ncc(C(C)(F)F)cn1. The average Bonchev–Trinajstić information content (AvgIpc) is 2.04. The molecule has 4 heteroatoms. The van der Waals surface area contributed by atoms with E-state index in [2.05, 4.69) is 9.97 Å². The van der Waals surface area contributed by atoms with Crippen molar-refractivity contribution in [2.24, 2.45) is 0 Å². The van der Waals surface area contributed by atoms with Gasteiger partial charge < -0.3 is 0 Å². The molecule has 0 bridgehead atoms. The highest BCUT2D eigenvalue weighted by atomic mass is 19.3. The molecule has 0 amide bonds. The Hall–Kier alpha value is -1.06. The fraction of sp³-hybridized carbons (Fsp3) is 0.556. The van der Waals surface area contributed by atoms with Gasteiger partial charge in [-0.25, -0.2) is 18.7 Å². The Bertz CT molecular complexity index is 264. The lowest BCUT2D eigenvalue weighted by Gasteiger charge is -2.09. The third kappa shape index (κ3) is 2.72. The first-order valence-electron chi connectivity index (χ1n) is 4.23. The maximum absolute atomic E-state index is 12.7. The van der Waals surface area contributed by atoms with Crippen molar-refractivity contribution in [1.29, 1.82) is 0 Å². The van der Waals surface area contributed by atoms with Crippen LogP contribution in [0.3, 0.4) is 0 Å². The summed E-state index contributed by atoms with van der Waals surface area (Å²) in [5.41, 5.74) is -0.132. The average molecular weight is 186 g/mol. The third-order valence-electron chi connectivity index (χ3n) is 1.69. The molecule has 0 saturated heterocycles. The van der Waals surface area contributed by atoms with E-state index in [4.69, 9.17) is 0 Å². The molecule has 13 heavy (non-hydrogen) atoms. The van der Waals surface area contributed by atoms with Crippen LogP contribution >= 0.6 is 0 Å². The quantitative estimate of drug-likeness (QED) is 0.724. The van der Waals surface area contributed by atoms with Gasteiger partial charge in [-0.05, 0) is 6.42 Å². The lowest BCUT2D eigenvalue weighted by atomic mass is 10.2. The van der Waals surface area contributed by atoms with Gasteiger partial charge in [0.05, 0.1) is 5.56 Å². The largest absolute Gasteiger partial charge is 0.273 e. The van der Waals surface area contributed by atoms with E-state index in [1.165, 1.54) is 12.4 Å². The lowest BCUT2D eigenvalue weighted by Crippen LogP contribution is -2.09. The highest BCUT2D eigenvalue weighted by Crippen LogP contribution is 2.25. The molecule has 0 saturated carbocycles. The minimum Gasteiger partial charge on any atom is -0.241 e. The molecule has 72 valence electrons. The van der Waals surface area contributed by atoms with Gasteiger partial charge in [0.25, 0.3) is 5.92 Å². The highest BCUT2D eigenvalue weighted by molar-refractivity contribution is 5.10. The van der Waals surface area contributed by atoms with Crippen molar-refractivity contribution < 1.29 is 8.78 Å². The number of alkyl halides is 2. The second-order valence-electron chi connectivity index (χ2n) is 3.03. The lowest BCUT2D eigenvalue weighted by molar-refractivity contribution is 0.0167. The minimum atomic E-state index is -2.84. The summed E-state index contributed by atoms with van der Waals surface area (Å²) < 4.78 is 25.4. The Morgan fingerprint density at radius 3 is 2.23 bits per heavy atom. The van der Waals surface area contributed by atoms with Crippen molar-refractivity contribution in [2.45, 2.75) is 32.6 Å². The van der Waals surface area contributed by atoms with Crippen molar-refractivity contribution in [2.75, 3.05) is 0 Å². The van der Waals surface area contributed by atoms with Gasteiger partial charge in [-0.1, -0.05) is 6.92 Å². The molecular formula is C9H12F2N2. The Morgan fingerprint density at radius 1 is 1.31 bits per heavy atom. The van der Waals surface area contributed by atoms with Crippen LogP contribution in [0.1, 0.15) is 31.7 Å². The van der Waals surface area contributed by atoms with E-state index >= 15 is 0 Å². The molecule has 0 aliphatic carbocycles. The molecular weight excluding hydrogens is 174 g/mol. The van der Waals surface area contributed by atoms with Crippen molar-refractivity contribution in [1.82, 2.24) is 9.97 Å². The van der Waals surface area contributed by atoms with Gasteiger partial charge in [0, 0.05) is 25.7 Å². The zero-order valence-corrected chi connectivity index (χ0v) is 7.72. The molecule has 0 aromatic carbocycles. The molecule has 0 aliphatic rings. The van der Waals surface area contributed by atoms with Crippen molar-refractivity contribution >= 4 is 0 Å². The molecule has 1 aromatic rings. The number of nitrogens with zero attached hydrogens (tertiary/aromatic N) is 2. The summed E-state index contributed by atoms with van der Waals surface area (Å²) in [7, 11) is 0. The highest BCUT2D eigenvalue weighted by Gasteiger charge is 2.24. The molecule has 2 nitrogen and oxygen atoms in total. The van der Waals surface area contributed by atoms with Crippen LogP contribution in [0.5, 0.6) is 0 Å². The van der Waals surface area contributed by atoms with Crippen LogP contribution in [-0.4, -0.2) is 9.97 Å². The molecule has 0 atom stereocenters. The first-order valence-corrected chi connectivity index (χ1v) is 4.23. The van der Waals surface area contributed by atoms with Gasteiger partial charge in [-0.3, -0.25) is 0 Å². The van der Waals surface area contributed by atoms with Crippen LogP contribution in [0, 0.1) is 0 Å². The molecule has 0 fully saturated rings. The molecule has 0 unspecified atom stereocenters. The van der Waals surface area contributed by atoms with Crippen LogP contribution in [0.4, 0.5) is 8.78 Å². The number of hydrogen-bond acceptors (Lipinski definition) is 2. The topological polar surface area (TPSA) is 25.8 Å². The summed E-state index contributed by atoms with van der Waals surface area (Å²) in [5.74, 6) is -2.22. The Kier molecular flexibility index (Phi) is 2.90. The van der Waals surface area contributed by atoms with Gasteiger partial charge in [-0.2, -0.15) is 0 Å². The van der Waals surface area contributed by atoms with Crippen molar-refractivity contribution in [3.8, 4) is 0 Å². The summed E-state index contributed by atoms with van der Waals surface area (Å²) in [6, 6.07) is 0. The van der Waals surface area contributed by atoms with Crippen LogP contribution in [0.25, 0.3) is 0 Å². The fourth-order valence-electron chi connectivity index (χ4n) is 0.934. The predicted molar refractivity (Wildman–Crippen MR) is 45.6 cm³/mol. The molecule has 0 aliphatic heterocycles. The van der Waals surface area contributed by atoms with Crippen LogP contribution in [0.2, 0.25) is 0 Å².